The fraction of sp³-hybridized carbons (Fsp3) is 0.435. The van der Waals surface area contributed by atoms with Gasteiger partial charge in [0.05, 0.1) is 5.69 Å². The van der Waals surface area contributed by atoms with Gasteiger partial charge < -0.3 is 14.3 Å². The van der Waals surface area contributed by atoms with Crippen LogP contribution in [0.5, 0.6) is 0 Å². The molecule has 3 heterocycles. The van der Waals surface area contributed by atoms with E-state index in [9.17, 15) is 22.8 Å². The number of hydrogen-bond acceptors (Lipinski definition) is 4. The van der Waals surface area contributed by atoms with E-state index >= 15 is 0 Å². The Balaban J connectivity index is 1.36. The monoisotopic (exact) mass is 447 g/mol. The van der Waals surface area contributed by atoms with Gasteiger partial charge in [-0.25, -0.2) is 13.2 Å². The number of nitrogens with zero attached hydrogens (tertiary/aromatic N) is 3. The fourth-order valence-corrected chi connectivity index (χ4v) is 4.60. The molecule has 32 heavy (non-hydrogen) atoms. The zero-order valence-electron chi connectivity index (χ0n) is 18.0. The molecule has 2 aliphatic heterocycles. The van der Waals surface area contributed by atoms with Crippen LogP contribution >= 0.6 is 0 Å². The van der Waals surface area contributed by atoms with Crippen molar-refractivity contribution in [3.8, 4) is 0 Å². The summed E-state index contributed by atoms with van der Waals surface area (Å²) >= 11 is 0. The first kappa shape index (κ1) is 22.1. The molecule has 1 aromatic heterocycles. The van der Waals surface area contributed by atoms with Crippen LogP contribution in [-0.4, -0.2) is 52.9 Å². The quantitative estimate of drug-likeness (QED) is 0.529. The number of hydrogen-bond donors (Lipinski definition) is 0. The maximum absolute atomic E-state index is 13.8. The van der Waals surface area contributed by atoms with Crippen LogP contribution in [0.3, 0.4) is 0 Å². The van der Waals surface area contributed by atoms with Crippen LogP contribution in [-0.2, 0) is 4.79 Å². The summed E-state index contributed by atoms with van der Waals surface area (Å²) in [5.41, 5.74) is 0.845. The van der Waals surface area contributed by atoms with E-state index in [1.807, 2.05) is 0 Å². The van der Waals surface area contributed by atoms with Gasteiger partial charge in [0.1, 0.15) is 11.3 Å². The number of aryl methyl sites for hydroxylation is 2. The lowest BCUT2D eigenvalue weighted by atomic mass is 9.77. The van der Waals surface area contributed by atoms with Crippen LogP contribution in [0, 0.1) is 36.7 Å². The third kappa shape index (κ3) is 4.03. The second-order valence-electron chi connectivity index (χ2n) is 8.60. The first-order valence-corrected chi connectivity index (χ1v) is 10.5. The Morgan fingerprint density at radius 2 is 1.69 bits per heavy atom. The molecule has 4 rings (SSSR count). The van der Waals surface area contributed by atoms with Crippen molar-refractivity contribution < 1.29 is 27.3 Å². The van der Waals surface area contributed by atoms with Crippen LogP contribution in [0.1, 0.15) is 46.6 Å². The molecule has 170 valence electrons. The molecule has 2 amide bonds. The Kier molecular flexibility index (Phi) is 5.83. The number of aromatic nitrogens is 1. The number of halogens is 3. The molecular formula is C23H24F3N3O3. The molecule has 1 aromatic carbocycles. The molecule has 2 saturated heterocycles. The number of rotatable bonds is 3. The first-order valence-electron chi connectivity index (χ1n) is 10.5. The topological polar surface area (TPSA) is 66.7 Å². The summed E-state index contributed by atoms with van der Waals surface area (Å²) < 4.78 is 45.3. The third-order valence-electron chi connectivity index (χ3n) is 6.58. The van der Waals surface area contributed by atoms with Crippen molar-refractivity contribution in [3.63, 3.8) is 0 Å². The highest BCUT2D eigenvalue weighted by atomic mass is 19.2. The van der Waals surface area contributed by atoms with Crippen molar-refractivity contribution in [3.05, 3.63) is 58.2 Å². The summed E-state index contributed by atoms with van der Waals surface area (Å²) in [4.78, 5) is 28.9. The standard InChI is InChI=1S/C23H24F3N3O3/c1-14-19(15(2)32-27-14)22(31)28-10-7-23(8-11-28)9-12-29(13-23)18(30)6-4-16-3-5-17(24)21(26)20(16)25/h3-6H,7-13H2,1-2H3. The Hall–Kier alpha value is -3.10. The average molecular weight is 447 g/mol. The van der Waals surface area contributed by atoms with Crippen molar-refractivity contribution in [2.24, 2.45) is 5.41 Å². The Bertz CT molecular complexity index is 1070. The predicted molar refractivity (Wildman–Crippen MR) is 110 cm³/mol. The molecule has 2 fully saturated rings. The third-order valence-corrected chi connectivity index (χ3v) is 6.58. The fourth-order valence-electron chi connectivity index (χ4n) is 4.60. The van der Waals surface area contributed by atoms with E-state index in [-0.39, 0.29) is 22.8 Å². The largest absolute Gasteiger partial charge is 0.361 e. The van der Waals surface area contributed by atoms with Gasteiger partial charge in [0, 0.05) is 37.8 Å². The number of benzene rings is 1. The molecule has 0 saturated carbocycles. The van der Waals surface area contributed by atoms with Gasteiger partial charge in [-0.05, 0) is 56.7 Å². The maximum Gasteiger partial charge on any atom is 0.259 e. The summed E-state index contributed by atoms with van der Waals surface area (Å²) in [5, 5.41) is 3.85. The summed E-state index contributed by atoms with van der Waals surface area (Å²) in [6.45, 7) is 5.74. The molecule has 0 N–H and O–H groups in total. The van der Waals surface area contributed by atoms with E-state index in [2.05, 4.69) is 5.16 Å². The summed E-state index contributed by atoms with van der Waals surface area (Å²) in [6, 6.07) is 1.92. The van der Waals surface area contributed by atoms with Crippen LogP contribution in [0.15, 0.2) is 22.7 Å². The van der Waals surface area contributed by atoms with E-state index in [0.717, 1.165) is 37.5 Å². The van der Waals surface area contributed by atoms with Crippen molar-refractivity contribution >= 4 is 17.9 Å². The molecular weight excluding hydrogens is 423 g/mol. The Morgan fingerprint density at radius 1 is 1.03 bits per heavy atom. The van der Waals surface area contributed by atoms with E-state index in [0.29, 0.717) is 43.2 Å². The molecule has 2 aromatic rings. The maximum atomic E-state index is 13.8. The summed E-state index contributed by atoms with van der Waals surface area (Å²) in [5.74, 6) is -4.03. The van der Waals surface area contributed by atoms with Gasteiger partial charge >= 0.3 is 0 Å². The van der Waals surface area contributed by atoms with E-state index in [1.165, 1.54) is 6.08 Å². The minimum Gasteiger partial charge on any atom is -0.361 e. The summed E-state index contributed by atoms with van der Waals surface area (Å²) in [6.07, 6.45) is 4.71. The molecule has 0 atom stereocenters. The smallest absolute Gasteiger partial charge is 0.259 e. The van der Waals surface area contributed by atoms with Gasteiger partial charge in [0.2, 0.25) is 5.91 Å². The van der Waals surface area contributed by atoms with Gasteiger partial charge in [-0.15, -0.1) is 0 Å². The number of carbonyl (C=O) groups is 2. The van der Waals surface area contributed by atoms with Gasteiger partial charge in [-0.1, -0.05) is 5.16 Å². The molecule has 1 spiro atoms. The van der Waals surface area contributed by atoms with E-state index in [4.69, 9.17) is 4.52 Å². The zero-order chi connectivity index (χ0) is 23.0. The molecule has 0 aliphatic carbocycles. The van der Waals surface area contributed by atoms with E-state index < -0.39 is 17.5 Å². The highest BCUT2D eigenvalue weighted by Crippen LogP contribution is 2.41. The van der Waals surface area contributed by atoms with Crippen LogP contribution in [0.25, 0.3) is 6.08 Å². The number of amides is 2. The second-order valence-corrected chi connectivity index (χ2v) is 8.60. The zero-order valence-corrected chi connectivity index (χ0v) is 18.0. The van der Waals surface area contributed by atoms with Gasteiger partial charge in [-0.2, -0.15) is 0 Å². The lowest BCUT2D eigenvalue weighted by Gasteiger charge is -2.39. The first-order chi connectivity index (χ1) is 15.2. The highest BCUT2D eigenvalue weighted by molar-refractivity contribution is 5.96. The molecule has 0 bridgehead atoms. The molecule has 2 aliphatic rings. The van der Waals surface area contributed by atoms with Crippen molar-refractivity contribution in [1.29, 1.82) is 0 Å². The molecule has 0 unspecified atom stereocenters. The molecule has 6 nitrogen and oxygen atoms in total. The number of likely N-dealkylation sites (tertiary alicyclic amines) is 2. The van der Waals surface area contributed by atoms with Crippen LogP contribution < -0.4 is 0 Å². The lowest BCUT2D eigenvalue weighted by Crippen LogP contribution is -2.44. The SMILES string of the molecule is Cc1noc(C)c1C(=O)N1CCC2(CCN(C(=O)C=Cc3ccc(F)c(F)c3F)C2)CC1. The van der Waals surface area contributed by atoms with Crippen molar-refractivity contribution in [1.82, 2.24) is 15.0 Å². The van der Waals surface area contributed by atoms with Crippen LogP contribution in [0.4, 0.5) is 13.2 Å². The lowest BCUT2D eigenvalue weighted by molar-refractivity contribution is -0.125. The Morgan fingerprint density at radius 3 is 2.31 bits per heavy atom. The van der Waals surface area contributed by atoms with Gasteiger partial charge in [0.25, 0.3) is 5.91 Å². The average Bonchev–Trinajstić information content (AvgIpc) is 3.34. The van der Waals surface area contributed by atoms with Gasteiger partial charge in [0.15, 0.2) is 17.5 Å². The number of piperidine rings is 1. The van der Waals surface area contributed by atoms with Crippen molar-refractivity contribution in [2.45, 2.75) is 33.1 Å². The minimum absolute atomic E-state index is 0.0632. The number of carbonyl (C=O) groups excluding carboxylic acids is 2. The molecule has 9 heteroatoms. The minimum atomic E-state index is -1.56. The normalized spacial score (nSPS) is 18.2. The second kappa shape index (κ2) is 8.44. The highest BCUT2D eigenvalue weighted by Gasteiger charge is 2.42. The summed E-state index contributed by atoms with van der Waals surface area (Å²) in [7, 11) is 0. The Labute approximate surface area is 183 Å². The predicted octanol–water partition coefficient (Wildman–Crippen LogP) is 3.88. The van der Waals surface area contributed by atoms with Crippen molar-refractivity contribution in [2.75, 3.05) is 26.2 Å². The van der Waals surface area contributed by atoms with E-state index in [1.54, 1.807) is 23.6 Å². The van der Waals surface area contributed by atoms with Crippen LogP contribution in [0.2, 0.25) is 0 Å². The molecule has 0 radical (unpaired) electrons. The van der Waals surface area contributed by atoms with Gasteiger partial charge in [-0.3, -0.25) is 9.59 Å².